The number of hydrogen-bond donors (Lipinski definition) is 0. The highest BCUT2D eigenvalue weighted by molar-refractivity contribution is 7.99. The zero-order chi connectivity index (χ0) is 19.2. The maximum absolute atomic E-state index is 13.3. The number of tetrazole rings is 1. The summed E-state index contributed by atoms with van der Waals surface area (Å²) >= 11 is 1.24. The summed E-state index contributed by atoms with van der Waals surface area (Å²) in [7, 11) is 3.28. The van der Waals surface area contributed by atoms with E-state index in [4.69, 9.17) is 4.74 Å². The lowest BCUT2D eigenvalue weighted by molar-refractivity contribution is -0.127. The number of rotatable bonds is 7. The summed E-state index contributed by atoms with van der Waals surface area (Å²) in [4.78, 5) is 13.9. The summed E-state index contributed by atoms with van der Waals surface area (Å²) in [5.74, 6) is 0.479. The predicted octanol–water partition coefficient (Wildman–Crippen LogP) is 2.56. The number of halogens is 1. The van der Waals surface area contributed by atoms with Gasteiger partial charge in [-0.3, -0.25) is 4.79 Å². The third kappa shape index (κ3) is 4.82. The van der Waals surface area contributed by atoms with E-state index < -0.39 is 0 Å². The first kappa shape index (κ1) is 18.8. The van der Waals surface area contributed by atoms with E-state index in [0.29, 0.717) is 11.7 Å². The number of carbonyl (C=O) groups is 1. The van der Waals surface area contributed by atoms with Crippen molar-refractivity contribution in [3.8, 4) is 11.4 Å². The number of hydrogen-bond acceptors (Lipinski definition) is 6. The lowest BCUT2D eigenvalue weighted by Gasteiger charge is -2.17. The highest BCUT2D eigenvalue weighted by Crippen LogP contribution is 2.20. The number of ether oxygens (including phenoxy) is 1. The van der Waals surface area contributed by atoms with Gasteiger partial charge in [-0.2, -0.15) is 4.68 Å². The fourth-order valence-corrected chi connectivity index (χ4v) is 3.22. The average molecular weight is 387 g/mol. The summed E-state index contributed by atoms with van der Waals surface area (Å²) in [5.41, 5.74) is 1.50. The number of thioether (sulfide) groups is 1. The first-order valence-electron chi connectivity index (χ1n) is 8.11. The molecule has 27 heavy (non-hydrogen) atoms. The summed E-state index contributed by atoms with van der Waals surface area (Å²) < 4.78 is 20.0. The van der Waals surface area contributed by atoms with Crippen LogP contribution < -0.4 is 4.74 Å². The van der Waals surface area contributed by atoms with Crippen molar-refractivity contribution in [1.82, 2.24) is 25.1 Å². The highest BCUT2D eigenvalue weighted by atomic mass is 32.2. The van der Waals surface area contributed by atoms with Crippen LogP contribution in [-0.2, 0) is 11.3 Å². The van der Waals surface area contributed by atoms with E-state index in [0.717, 1.165) is 17.0 Å². The van der Waals surface area contributed by atoms with Crippen LogP contribution in [0.2, 0.25) is 0 Å². The Hall–Kier alpha value is -2.94. The van der Waals surface area contributed by atoms with Gasteiger partial charge in [0, 0.05) is 13.6 Å². The molecule has 0 radical (unpaired) electrons. The van der Waals surface area contributed by atoms with Crippen LogP contribution in [0.5, 0.6) is 5.75 Å². The molecule has 1 aromatic heterocycles. The van der Waals surface area contributed by atoms with Crippen molar-refractivity contribution < 1.29 is 13.9 Å². The van der Waals surface area contributed by atoms with Crippen LogP contribution in [0.4, 0.5) is 4.39 Å². The molecular weight excluding hydrogens is 369 g/mol. The van der Waals surface area contributed by atoms with Gasteiger partial charge in [-0.15, -0.1) is 5.10 Å². The highest BCUT2D eigenvalue weighted by Gasteiger charge is 2.15. The molecule has 0 N–H and O–H groups in total. The maximum atomic E-state index is 13.3. The van der Waals surface area contributed by atoms with Crippen molar-refractivity contribution in [2.24, 2.45) is 0 Å². The molecule has 0 aliphatic rings. The second kappa shape index (κ2) is 8.63. The second-order valence-corrected chi connectivity index (χ2v) is 6.68. The van der Waals surface area contributed by atoms with Crippen LogP contribution in [0.1, 0.15) is 5.56 Å². The van der Waals surface area contributed by atoms with Gasteiger partial charge >= 0.3 is 0 Å². The van der Waals surface area contributed by atoms with Crippen LogP contribution >= 0.6 is 11.8 Å². The smallest absolute Gasteiger partial charge is 0.233 e. The van der Waals surface area contributed by atoms with Crippen LogP contribution in [0.25, 0.3) is 5.69 Å². The molecule has 7 nitrogen and oxygen atoms in total. The second-order valence-electron chi connectivity index (χ2n) is 5.74. The molecule has 0 spiro atoms. The Kier molecular flexibility index (Phi) is 6.02. The fourth-order valence-electron chi connectivity index (χ4n) is 2.39. The van der Waals surface area contributed by atoms with Crippen molar-refractivity contribution >= 4 is 17.7 Å². The average Bonchev–Trinajstić information content (AvgIpc) is 3.14. The van der Waals surface area contributed by atoms with Crippen LogP contribution in [0, 0.1) is 5.82 Å². The number of amides is 1. The molecule has 140 valence electrons. The number of aromatic nitrogens is 4. The Morgan fingerprint density at radius 3 is 2.74 bits per heavy atom. The van der Waals surface area contributed by atoms with Crippen LogP contribution in [-0.4, -0.2) is 50.9 Å². The minimum absolute atomic E-state index is 0.103. The van der Waals surface area contributed by atoms with E-state index in [1.54, 1.807) is 35.9 Å². The first-order valence-corrected chi connectivity index (χ1v) is 9.09. The number of nitrogens with zero attached hydrogens (tertiary/aromatic N) is 5. The van der Waals surface area contributed by atoms with Gasteiger partial charge in [-0.25, -0.2) is 4.39 Å². The monoisotopic (exact) mass is 387 g/mol. The van der Waals surface area contributed by atoms with Gasteiger partial charge in [0.05, 0.1) is 18.6 Å². The van der Waals surface area contributed by atoms with Crippen molar-refractivity contribution in [3.05, 3.63) is 59.9 Å². The Balaban J connectivity index is 1.61. The third-order valence-corrected chi connectivity index (χ3v) is 4.72. The van der Waals surface area contributed by atoms with Gasteiger partial charge in [-0.05, 0) is 52.4 Å². The van der Waals surface area contributed by atoms with E-state index in [-0.39, 0.29) is 17.5 Å². The van der Waals surface area contributed by atoms with Crippen LogP contribution in [0.3, 0.4) is 0 Å². The lowest BCUT2D eigenvalue weighted by atomic mass is 10.2. The standard InChI is InChI=1S/C18H18FN5O2S/c1-23(11-13-4-3-5-14(19)10-13)17(25)12-27-18-20-21-22-24(18)15-6-8-16(26-2)9-7-15/h3-10H,11-12H2,1-2H3. The Bertz CT molecular complexity index is 916. The maximum Gasteiger partial charge on any atom is 0.233 e. The van der Waals surface area contributed by atoms with E-state index in [2.05, 4.69) is 15.5 Å². The summed E-state index contributed by atoms with van der Waals surface area (Å²) in [6, 6.07) is 13.5. The number of benzene rings is 2. The molecule has 0 saturated carbocycles. The van der Waals surface area contributed by atoms with Crippen LogP contribution in [0.15, 0.2) is 53.7 Å². The number of carbonyl (C=O) groups excluding carboxylic acids is 1. The van der Waals surface area contributed by atoms with Crippen molar-refractivity contribution in [2.75, 3.05) is 19.9 Å². The van der Waals surface area contributed by atoms with E-state index in [9.17, 15) is 9.18 Å². The SMILES string of the molecule is COc1ccc(-n2nnnc2SCC(=O)N(C)Cc2cccc(F)c2)cc1. The largest absolute Gasteiger partial charge is 0.497 e. The molecule has 0 aliphatic carbocycles. The molecule has 1 heterocycles. The van der Waals surface area contributed by atoms with Crippen molar-refractivity contribution in [2.45, 2.75) is 11.7 Å². The third-order valence-electron chi connectivity index (χ3n) is 3.82. The summed E-state index contributed by atoms with van der Waals surface area (Å²) in [5, 5.41) is 12.1. The Morgan fingerprint density at radius 2 is 2.04 bits per heavy atom. The molecule has 0 fully saturated rings. The van der Waals surface area contributed by atoms with Crippen molar-refractivity contribution in [1.29, 1.82) is 0 Å². The first-order chi connectivity index (χ1) is 13.1. The fraction of sp³-hybridized carbons (Fsp3) is 0.222. The van der Waals surface area contributed by atoms with Gasteiger partial charge in [0.15, 0.2) is 0 Å². The topological polar surface area (TPSA) is 73.1 Å². The van der Waals surface area contributed by atoms with Crippen molar-refractivity contribution in [3.63, 3.8) is 0 Å². The minimum Gasteiger partial charge on any atom is -0.497 e. The molecule has 9 heteroatoms. The lowest BCUT2D eigenvalue weighted by Crippen LogP contribution is -2.28. The van der Waals surface area contributed by atoms with Gasteiger partial charge < -0.3 is 9.64 Å². The molecule has 3 rings (SSSR count). The van der Waals surface area contributed by atoms with Gasteiger partial charge in [0.2, 0.25) is 11.1 Å². The van der Waals surface area contributed by atoms with Gasteiger partial charge in [-0.1, -0.05) is 23.9 Å². The quantitative estimate of drug-likeness (QED) is 0.580. The van der Waals surface area contributed by atoms with Gasteiger partial charge in [0.25, 0.3) is 0 Å². The predicted molar refractivity (Wildman–Crippen MR) is 99.3 cm³/mol. The Labute approximate surface area is 160 Å². The zero-order valence-electron chi connectivity index (χ0n) is 14.9. The molecule has 1 amide bonds. The molecule has 0 atom stereocenters. The van der Waals surface area contributed by atoms with E-state index in [1.165, 1.54) is 23.9 Å². The zero-order valence-corrected chi connectivity index (χ0v) is 15.7. The molecule has 0 unspecified atom stereocenters. The molecule has 0 bridgehead atoms. The Morgan fingerprint density at radius 1 is 1.26 bits per heavy atom. The molecule has 3 aromatic rings. The normalized spacial score (nSPS) is 10.6. The molecule has 0 aliphatic heterocycles. The summed E-state index contributed by atoms with van der Waals surface area (Å²) in [6.07, 6.45) is 0. The minimum atomic E-state index is -0.318. The molecular formula is C18H18FN5O2S. The van der Waals surface area contributed by atoms with E-state index in [1.807, 2.05) is 24.3 Å². The summed E-state index contributed by atoms with van der Waals surface area (Å²) in [6.45, 7) is 0.334. The van der Waals surface area contributed by atoms with E-state index >= 15 is 0 Å². The molecule has 0 saturated heterocycles. The number of methoxy groups -OCH3 is 1. The van der Waals surface area contributed by atoms with Gasteiger partial charge in [0.1, 0.15) is 11.6 Å². The molecule has 2 aromatic carbocycles.